The summed E-state index contributed by atoms with van der Waals surface area (Å²) in [4.78, 5) is 23.7. The van der Waals surface area contributed by atoms with E-state index in [0.717, 1.165) is 4.90 Å². The molecule has 1 aromatic carbocycles. The summed E-state index contributed by atoms with van der Waals surface area (Å²) < 4.78 is 36.9. The first-order valence-electron chi connectivity index (χ1n) is 6.45. The topological polar surface area (TPSA) is 114 Å². The van der Waals surface area contributed by atoms with Gasteiger partial charge in [0.1, 0.15) is 0 Å². The number of sulfonamides is 1. The molecule has 0 spiro atoms. The van der Waals surface area contributed by atoms with Crippen molar-refractivity contribution in [2.75, 3.05) is 26.4 Å². The van der Waals surface area contributed by atoms with E-state index in [-0.39, 0.29) is 37.2 Å². The molecule has 118 valence electrons. The second-order valence-corrected chi connectivity index (χ2v) is 6.38. The maximum Gasteiger partial charge on any atom is 0.324 e. The zero-order chi connectivity index (χ0) is 15.7. The van der Waals surface area contributed by atoms with Gasteiger partial charge in [0, 0.05) is 19.2 Å². The minimum Gasteiger partial charge on any atom is -0.454 e. The van der Waals surface area contributed by atoms with E-state index < -0.39 is 16.1 Å². The molecule has 2 N–H and O–H groups in total. The molecule has 3 rings (SSSR count). The van der Waals surface area contributed by atoms with Crippen LogP contribution in [0.25, 0.3) is 0 Å². The first-order valence-corrected chi connectivity index (χ1v) is 7.93. The van der Waals surface area contributed by atoms with Gasteiger partial charge in [0.25, 0.3) is 0 Å². The van der Waals surface area contributed by atoms with Crippen LogP contribution in [0.3, 0.4) is 0 Å². The van der Waals surface area contributed by atoms with Crippen molar-refractivity contribution in [2.24, 2.45) is 0 Å². The van der Waals surface area contributed by atoms with E-state index in [1.54, 1.807) is 0 Å². The van der Waals surface area contributed by atoms with Crippen LogP contribution in [0.2, 0.25) is 0 Å². The number of hydrogen-bond acceptors (Lipinski definition) is 6. The molecule has 2 aliphatic rings. The Balaban J connectivity index is 1.64. The number of amides is 3. The fourth-order valence-electron chi connectivity index (χ4n) is 2.10. The van der Waals surface area contributed by atoms with E-state index in [2.05, 4.69) is 10.0 Å². The molecule has 22 heavy (non-hydrogen) atoms. The number of imide groups is 1. The van der Waals surface area contributed by atoms with Crippen molar-refractivity contribution in [3.05, 3.63) is 18.2 Å². The highest BCUT2D eigenvalue weighted by atomic mass is 32.2. The Kier molecular flexibility index (Phi) is 3.62. The summed E-state index contributed by atoms with van der Waals surface area (Å²) in [6.07, 6.45) is 0. The first kappa shape index (κ1) is 14.6. The van der Waals surface area contributed by atoms with Crippen LogP contribution < -0.4 is 19.5 Å². The Morgan fingerprint density at radius 3 is 2.73 bits per heavy atom. The van der Waals surface area contributed by atoms with Crippen molar-refractivity contribution in [2.45, 2.75) is 4.90 Å². The number of urea groups is 1. The molecular weight excluding hydrogens is 314 g/mol. The summed E-state index contributed by atoms with van der Waals surface area (Å²) in [6, 6.07) is 3.74. The standard InChI is InChI=1S/C12H13N3O6S/c16-11-6-13-12(17)15(11)4-3-14-22(18,19)8-1-2-9-10(5-8)21-7-20-9/h1-2,5,14H,3-4,6-7H2,(H,13,17). The third-order valence-corrected chi connectivity index (χ3v) is 4.68. The Bertz CT molecular complexity index is 716. The number of ether oxygens (including phenoxy) is 2. The average molecular weight is 327 g/mol. The lowest BCUT2D eigenvalue weighted by molar-refractivity contribution is -0.124. The minimum absolute atomic E-state index is 0.0222. The van der Waals surface area contributed by atoms with Gasteiger partial charge in [0.05, 0.1) is 11.4 Å². The fourth-order valence-corrected chi connectivity index (χ4v) is 3.14. The van der Waals surface area contributed by atoms with E-state index in [4.69, 9.17) is 9.47 Å². The highest BCUT2D eigenvalue weighted by Crippen LogP contribution is 2.33. The molecule has 0 unspecified atom stereocenters. The highest BCUT2D eigenvalue weighted by Gasteiger charge is 2.28. The number of benzene rings is 1. The smallest absolute Gasteiger partial charge is 0.324 e. The van der Waals surface area contributed by atoms with E-state index >= 15 is 0 Å². The van der Waals surface area contributed by atoms with Crippen molar-refractivity contribution in [1.29, 1.82) is 0 Å². The molecule has 10 heteroatoms. The van der Waals surface area contributed by atoms with E-state index in [1.165, 1.54) is 18.2 Å². The monoisotopic (exact) mass is 327 g/mol. The molecule has 0 radical (unpaired) electrons. The highest BCUT2D eigenvalue weighted by molar-refractivity contribution is 7.89. The van der Waals surface area contributed by atoms with Gasteiger partial charge in [-0.2, -0.15) is 0 Å². The van der Waals surface area contributed by atoms with Gasteiger partial charge in [-0.3, -0.25) is 9.69 Å². The summed E-state index contributed by atoms with van der Waals surface area (Å²) in [5.74, 6) is 0.461. The zero-order valence-electron chi connectivity index (χ0n) is 11.4. The van der Waals surface area contributed by atoms with Gasteiger partial charge in [0.15, 0.2) is 11.5 Å². The average Bonchev–Trinajstić information content (AvgIpc) is 3.07. The van der Waals surface area contributed by atoms with Crippen LogP contribution in [0.1, 0.15) is 0 Å². The fraction of sp³-hybridized carbons (Fsp3) is 0.333. The lowest BCUT2D eigenvalue weighted by Crippen LogP contribution is -2.38. The first-order chi connectivity index (χ1) is 10.5. The predicted octanol–water partition coefficient (Wildman–Crippen LogP) is -0.755. The SMILES string of the molecule is O=C1CNC(=O)N1CCNS(=O)(=O)c1ccc2c(c1)OCO2. The van der Waals surface area contributed by atoms with Crippen LogP contribution >= 0.6 is 0 Å². The maximum atomic E-state index is 12.2. The molecule has 0 aromatic heterocycles. The Labute approximate surface area is 126 Å². The zero-order valence-corrected chi connectivity index (χ0v) is 12.2. The predicted molar refractivity (Wildman–Crippen MR) is 72.9 cm³/mol. The molecule has 1 aromatic rings. The molecule has 9 nitrogen and oxygen atoms in total. The summed E-state index contributed by atoms with van der Waals surface area (Å²) in [5, 5.41) is 2.36. The Morgan fingerprint density at radius 1 is 1.23 bits per heavy atom. The quantitative estimate of drug-likeness (QED) is 0.688. The molecule has 2 aliphatic heterocycles. The normalized spacial score (nSPS) is 17.0. The number of nitrogens with zero attached hydrogens (tertiary/aromatic N) is 1. The molecule has 0 aliphatic carbocycles. The number of hydrogen-bond donors (Lipinski definition) is 2. The summed E-state index contributed by atoms with van der Waals surface area (Å²) in [7, 11) is -3.76. The van der Waals surface area contributed by atoms with E-state index in [9.17, 15) is 18.0 Å². The summed E-state index contributed by atoms with van der Waals surface area (Å²) >= 11 is 0. The van der Waals surface area contributed by atoms with Gasteiger partial charge >= 0.3 is 6.03 Å². The number of fused-ring (bicyclic) bond motifs is 1. The largest absolute Gasteiger partial charge is 0.454 e. The number of carbonyl (C=O) groups excluding carboxylic acids is 2. The lowest BCUT2D eigenvalue weighted by Gasteiger charge is -2.13. The van der Waals surface area contributed by atoms with Crippen LogP contribution in [0.15, 0.2) is 23.1 Å². The molecule has 0 atom stereocenters. The molecule has 1 saturated heterocycles. The van der Waals surface area contributed by atoms with E-state index in [0.29, 0.717) is 11.5 Å². The molecule has 3 amide bonds. The Hall–Kier alpha value is -2.33. The van der Waals surface area contributed by atoms with Crippen LogP contribution in [0.4, 0.5) is 4.79 Å². The summed E-state index contributed by atoms with van der Waals surface area (Å²) in [6.45, 7) is -0.115. The molecular formula is C12H13N3O6S. The van der Waals surface area contributed by atoms with Crippen LogP contribution in [-0.4, -0.2) is 51.7 Å². The van der Waals surface area contributed by atoms with Gasteiger partial charge in [0.2, 0.25) is 22.7 Å². The molecule has 0 saturated carbocycles. The summed E-state index contributed by atoms with van der Waals surface area (Å²) in [5.41, 5.74) is 0. The number of rotatable bonds is 5. The molecule has 1 fully saturated rings. The van der Waals surface area contributed by atoms with Gasteiger partial charge in [-0.05, 0) is 12.1 Å². The van der Waals surface area contributed by atoms with Crippen molar-refractivity contribution in [3.8, 4) is 11.5 Å². The van der Waals surface area contributed by atoms with Gasteiger partial charge in [-0.15, -0.1) is 0 Å². The second-order valence-electron chi connectivity index (χ2n) is 4.62. The number of nitrogens with one attached hydrogen (secondary N) is 2. The lowest BCUT2D eigenvalue weighted by atomic mass is 10.3. The van der Waals surface area contributed by atoms with Crippen molar-refractivity contribution < 1.29 is 27.5 Å². The van der Waals surface area contributed by atoms with Crippen LogP contribution in [-0.2, 0) is 14.8 Å². The van der Waals surface area contributed by atoms with Crippen molar-refractivity contribution >= 4 is 22.0 Å². The van der Waals surface area contributed by atoms with Gasteiger partial charge in [-0.25, -0.2) is 17.9 Å². The van der Waals surface area contributed by atoms with Gasteiger partial charge < -0.3 is 14.8 Å². The number of carbonyl (C=O) groups is 2. The van der Waals surface area contributed by atoms with Crippen LogP contribution in [0.5, 0.6) is 11.5 Å². The van der Waals surface area contributed by atoms with Crippen molar-refractivity contribution in [3.63, 3.8) is 0 Å². The minimum atomic E-state index is -3.76. The maximum absolute atomic E-state index is 12.2. The second kappa shape index (κ2) is 5.46. The van der Waals surface area contributed by atoms with Gasteiger partial charge in [-0.1, -0.05) is 0 Å². The van der Waals surface area contributed by atoms with Crippen molar-refractivity contribution in [1.82, 2.24) is 14.9 Å². The third-order valence-electron chi connectivity index (χ3n) is 3.22. The molecule has 0 bridgehead atoms. The molecule has 2 heterocycles. The third kappa shape index (κ3) is 2.70. The van der Waals surface area contributed by atoms with Crippen LogP contribution in [0, 0.1) is 0 Å². The Morgan fingerprint density at radius 2 is 2.00 bits per heavy atom. The van der Waals surface area contributed by atoms with E-state index in [1.807, 2.05) is 0 Å².